The molecule has 3 rings (SSSR count). The van der Waals surface area contributed by atoms with Gasteiger partial charge < -0.3 is 5.32 Å². The van der Waals surface area contributed by atoms with Crippen molar-refractivity contribution < 1.29 is 4.39 Å². The molecule has 1 aromatic carbocycles. The third-order valence-electron chi connectivity index (χ3n) is 3.94. The molecule has 1 saturated heterocycles. The normalized spacial score (nSPS) is 25.2. The van der Waals surface area contributed by atoms with Crippen molar-refractivity contribution in [2.75, 3.05) is 26.2 Å². The number of piperazine rings is 1. The monoisotopic (exact) mass is 246 g/mol. The lowest BCUT2D eigenvalue weighted by molar-refractivity contribution is 0.200. The number of halogens is 1. The lowest BCUT2D eigenvalue weighted by Crippen LogP contribution is -2.47. The number of rotatable bonds is 2. The highest BCUT2D eigenvalue weighted by atomic mass is 19.1. The summed E-state index contributed by atoms with van der Waals surface area (Å²) in [6.45, 7) is 4.34. The Morgan fingerprint density at radius 2 is 1.94 bits per heavy atom. The van der Waals surface area contributed by atoms with Crippen LogP contribution in [0.1, 0.15) is 18.4 Å². The topological polar surface area (TPSA) is 15.3 Å². The molecule has 1 fully saturated rings. The van der Waals surface area contributed by atoms with E-state index in [9.17, 15) is 4.39 Å². The van der Waals surface area contributed by atoms with Crippen molar-refractivity contribution in [1.29, 1.82) is 0 Å². The second kappa shape index (κ2) is 5.21. The van der Waals surface area contributed by atoms with Crippen molar-refractivity contribution in [3.63, 3.8) is 0 Å². The molecule has 0 aromatic heterocycles. The van der Waals surface area contributed by atoms with Gasteiger partial charge >= 0.3 is 0 Å². The van der Waals surface area contributed by atoms with Crippen LogP contribution in [0.3, 0.4) is 0 Å². The Morgan fingerprint density at radius 1 is 1.17 bits per heavy atom. The summed E-state index contributed by atoms with van der Waals surface area (Å²) in [6.07, 6.45) is 4.39. The molecule has 0 saturated carbocycles. The molecular formula is C15H19FN2. The minimum Gasteiger partial charge on any atom is -0.314 e. The zero-order valence-electron chi connectivity index (χ0n) is 10.5. The predicted octanol–water partition coefficient (Wildman–Crippen LogP) is 2.28. The van der Waals surface area contributed by atoms with Crippen LogP contribution in [-0.4, -0.2) is 37.1 Å². The Morgan fingerprint density at radius 3 is 2.72 bits per heavy atom. The van der Waals surface area contributed by atoms with Crippen LogP contribution in [0.25, 0.3) is 5.57 Å². The number of hydrogen-bond acceptors (Lipinski definition) is 2. The van der Waals surface area contributed by atoms with Gasteiger partial charge in [-0.3, -0.25) is 4.90 Å². The first-order chi connectivity index (χ1) is 8.84. The lowest BCUT2D eigenvalue weighted by Gasteiger charge is -2.31. The fourth-order valence-corrected chi connectivity index (χ4v) is 2.95. The van der Waals surface area contributed by atoms with E-state index in [1.54, 1.807) is 12.1 Å². The minimum absolute atomic E-state index is 0.0929. The van der Waals surface area contributed by atoms with E-state index >= 15 is 0 Å². The average Bonchev–Trinajstić information content (AvgIpc) is 2.90. The van der Waals surface area contributed by atoms with Crippen LogP contribution in [0.5, 0.6) is 0 Å². The highest BCUT2D eigenvalue weighted by Gasteiger charge is 2.24. The molecule has 1 atom stereocenters. The van der Waals surface area contributed by atoms with E-state index in [4.69, 9.17) is 0 Å². The summed E-state index contributed by atoms with van der Waals surface area (Å²) in [7, 11) is 0. The summed E-state index contributed by atoms with van der Waals surface area (Å²) in [5.74, 6) is -0.0929. The Balaban J connectivity index is 1.77. The smallest absolute Gasteiger partial charge is 0.130 e. The van der Waals surface area contributed by atoms with Crippen LogP contribution >= 0.6 is 0 Å². The molecule has 1 N–H and O–H groups in total. The molecule has 2 nitrogen and oxygen atoms in total. The Bertz CT molecular complexity index is 450. The quantitative estimate of drug-likeness (QED) is 0.861. The zero-order chi connectivity index (χ0) is 12.4. The number of nitrogens with zero attached hydrogens (tertiary/aromatic N) is 1. The number of hydrogen-bond donors (Lipinski definition) is 1. The molecule has 0 spiro atoms. The van der Waals surface area contributed by atoms with Gasteiger partial charge in [-0.2, -0.15) is 0 Å². The highest BCUT2D eigenvalue weighted by molar-refractivity contribution is 5.68. The molecule has 1 aliphatic carbocycles. The molecular weight excluding hydrogens is 227 g/mol. The van der Waals surface area contributed by atoms with Crippen LogP contribution in [0, 0.1) is 5.82 Å². The van der Waals surface area contributed by atoms with Crippen LogP contribution in [-0.2, 0) is 0 Å². The molecule has 2 aliphatic rings. The molecule has 0 amide bonds. The SMILES string of the molecule is Fc1ccccc1C1=CC(N2CCNCC2)CC1. The molecule has 1 aromatic rings. The molecule has 3 heteroatoms. The number of nitrogens with one attached hydrogen (secondary N) is 1. The summed E-state index contributed by atoms with van der Waals surface area (Å²) in [5, 5.41) is 3.37. The summed E-state index contributed by atoms with van der Waals surface area (Å²) >= 11 is 0. The summed E-state index contributed by atoms with van der Waals surface area (Å²) in [5.41, 5.74) is 1.96. The second-order valence-electron chi connectivity index (χ2n) is 5.06. The van der Waals surface area contributed by atoms with Gasteiger partial charge in [0.15, 0.2) is 0 Å². The molecule has 0 radical (unpaired) electrons. The van der Waals surface area contributed by atoms with Crippen molar-refractivity contribution >= 4 is 5.57 Å². The van der Waals surface area contributed by atoms with Crippen LogP contribution in [0.4, 0.5) is 4.39 Å². The van der Waals surface area contributed by atoms with E-state index in [0.29, 0.717) is 6.04 Å². The summed E-state index contributed by atoms with van der Waals surface area (Å²) < 4.78 is 13.7. The van der Waals surface area contributed by atoms with Gasteiger partial charge in [-0.25, -0.2) is 4.39 Å². The van der Waals surface area contributed by atoms with Crippen molar-refractivity contribution in [3.8, 4) is 0 Å². The van der Waals surface area contributed by atoms with Gasteiger partial charge in [-0.1, -0.05) is 24.3 Å². The van der Waals surface area contributed by atoms with Crippen LogP contribution in [0.15, 0.2) is 30.3 Å². The maximum atomic E-state index is 13.7. The second-order valence-corrected chi connectivity index (χ2v) is 5.06. The average molecular weight is 246 g/mol. The van der Waals surface area contributed by atoms with Gasteiger partial charge in [-0.05, 0) is 24.5 Å². The third-order valence-corrected chi connectivity index (χ3v) is 3.94. The van der Waals surface area contributed by atoms with Gasteiger partial charge in [0.1, 0.15) is 5.82 Å². The van der Waals surface area contributed by atoms with Crippen LogP contribution in [0.2, 0.25) is 0 Å². The van der Waals surface area contributed by atoms with Crippen molar-refractivity contribution in [3.05, 3.63) is 41.7 Å². The van der Waals surface area contributed by atoms with Crippen molar-refractivity contribution in [2.45, 2.75) is 18.9 Å². The van der Waals surface area contributed by atoms with E-state index in [-0.39, 0.29) is 5.82 Å². The van der Waals surface area contributed by atoms with E-state index in [0.717, 1.165) is 44.6 Å². The Labute approximate surface area is 107 Å². The van der Waals surface area contributed by atoms with Crippen molar-refractivity contribution in [1.82, 2.24) is 10.2 Å². The first kappa shape index (κ1) is 11.9. The first-order valence-electron chi connectivity index (χ1n) is 6.75. The number of benzene rings is 1. The molecule has 1 unspecified atom stereocenters. The fourth-order valence-electron chi connectivity index (χ4n) is 2.95. The third kappa shape index (κ3) is 2.33. The van der Waals surface area contributed by atoms with E-state index in [2.05, 4.69) is 16.3 Å². The van der Waals surface area contributed by atoms with Gasteiger partial charge in [0.25, 0.3) is 0 Å². The maximum absolute atomic E-state index is 13.7. The predicted molar refractivity (Wildman–Crippen MR) is 71.8 cm³/mol. The van der Waals surface area contributed by atoms with Gasteiger partial charge in [0.05, 0.1) is 0 Å². The van der Waals surface area contributed by atoms with Gasteiger partial charge in [0, 0.05) is 37.8 Å². The highest BCUT2D eigenvalue weighted by Crippen LogP contribution is 2.31. The molecule has 96 valence electrons. The fraction of sp³-hybridized carbons (Fsp3) is 0.467. The summed E-state index contributed by atoms with van der Waals surface area (Å²) in [4.78, 5) is 2.50. The molecule has 0 bridgehead atoms. The lowest BCUT2D eigenvalue weighted by atomic mass is 10.1. The van der Waals surface area contributed by atoms with Gasteiger partial charge in [-0.15, -0.1) is 0 Å². The molecule has 1 heterocycles. The zero-order valence-corrected chi connectivity index (χ0v) is 10.5. The summed E-state index contributed by atoms with van der Waals surface area (Å²) in [6, 6.07) is 7.61. The minimum atomic E-state index is -0.0929. The Kier molecular flexibility index (Phi) is 3.43. The molecule has 1 aliphatic heterocycles. The van der Waals surface area contributed by atoms with E-state index in [1.165, 1.54) is 5.57 Å². The van der Waals surface area contributed by atoms with Gasteiger partial charge in [0.2, 0.25) is 0 Å². The number of allylic oxidation sites excluding steroid dienone is 1. The standard InChI is InChI=1S/C15H19FN2/c16-15-4-2-1-3-14(15)12-5-6-13(11-12)18-9-7-17-8-10-18/h1-4,11,13,17H,5-10H2. The van der Waals surface area contributed by atoms with E-state index < -0.39 is 0 Å². The molecule has 18 heavy (non-hydrogen) atoms. The largest absolute Gasteiger partial charge is 0.314 e. The van der Waals surface area contributed by atoms with Crippen molar-refractivity contribution in [2.24, 2.45) is 0 Å². The van der Waals surface area contributed by atoms with Crippen LogP contribution < -0.4 is 5.32 Å². The maximum Gasteiger partial charge on any atom is 0.130 e. The van der Waals surface area contributed by atoms with E-state index in [1.807, 2.05) is 12.1 Å². The Hall–Kier alpha value is -1.19. The first-order valence-corrected chi connectivity index (χ1v) is 6.75.